The van der Waals surface area contributed by atoms with Crippen LogP contribution in [0.2, 0.25) is 0 Å². The molecule has 0 aliphatic heterocycles. The fourth-order valence-electron chi connectivity index (χ4n) is 0.491. The summed E-state index contributed by atoms with van der Waals surface area (Å²) in [4.78, 5) is 0. The van der Waals surface area contributed by atoms with E-state index in [1.807, 2.05) is 13.8 Å². The Kier molecular flexibility index (Phi) is 6.90. The number of hydrogen-bond acceptors (Lipinski definition) is 2. The summed E-state index contributed by atoms with van der Waals surface area (Å²) in [6, 6.07) is 0. The van der Waals surface area contributed by atoms with Gasteiger partial charge in [0.2, 0.25) is 0 Å². The van der Waals surface area contributed by atoms with E-state index in [9.17, 15) is 0 Å². The van der Waals surface area contributed by atoms with Crippen molar-refractivity contribution < 1.29 is 21.5 Å². The number of nitrogens with two attached hydrogens (primary N) is 1. The SMILES string of the molecule is C/C=C\C(=C\C)[I-]NC(C)N. The van der Waals surface area contributed by atoms with Gasteiger partial charge in [0.25, 0.3) is 0 Å². The van der Waals surface area contributed by atoms with Gasteiger partial charge < -0.3 is 0 Å². The van der Waals surface area contributed by atoms with Crippen LogP contribution in [0.4, 0.5) is 0 Å². The molecule has 0 bridgehead atoms. The van der Waals surface area contributed by atoms with E-state index in [-0.39, 0.29) is 27.6 Å². The molecule has 0 aromatic rings. The standard InChI is InChI=1S/C8H16IN2/c1-4-6-8(5-2)9-11-7(3)10/h4-7,11H,10H2,1-3H3/q-1/b6-4-,8-5-. The topological polar surface area (TPSA) is 38.0 Å². The van der Waals surface area contributed by atoms with Gasteiger partial charge >= 0.3 is 79.5 Å². The van der Waals surface area contributed by atoms with Crippen LogP contribution in [0.3, 0.4) is 0 Å². The Balaban J connectivity index is 3.72. The molecule has 1 unspecified atom stereocenters. The van der Waals surface area contributed by atoms with Crippen molar-refractivity contribution in [3.05, 3.63) is 21.8 Å². The van der Waals surface area contributed by atoms with Crippen LogP contribution in [-0.4, -0.2) is 6.17 Å². The summed E-state index contributed by atoms with van der Waals surface area (Å²) in [5, 5.41) is 0. The predicted molar refractivity (Wildman–Crippen MR) is 45.4 cm³/mol. The molecule has 0 radical (unpaired) electrons. The molecule has 0 aromatic heterocycles. The van der Waals surface area contributed by atoms with E-state index >= 15 is 0 Å². The Morgan fingerprint density at radius 2 is 2.18 bits per heavy atom. The molecule has 2 nitrogen and oxygen atoms in total. The van der Waals surface area contributed by atoms with Crippen LogP contribution in [0.25, 0.3) is 0 Å². The van der Waals surface area contributed by atoms with Crippen molar-refractivity contribution in [2.45, 2.75) is 26.9 Å². The monoisotopic (exact) mass is 267 g/mol. The summed E-state index contributed by atoms with van der Waals surface area (Å²) in [5.74, 6) is 0. The first-order chi connectivity index (χ1) is 5.20. The Morgan fingerprint density at radius 1 is 1.55 bits per heavy atom. The molecule has 0 saturated heterocycles. The molecule has 0 aliphatic rings. The molecular weight excluding hydrogens is 251 g/mol. The van der Waals surface area contributed by atoms with Crippen LogP contribution in [0.15, 0.2) is 21.8 Å². The number of halogens is 1. The van der Waals surface area contributed by atoms with Gasteiger partial charge in [-0.25, -0.2) is 0 Å². The van der Waals surface area contributed by atoms with E-state index < -0.39 is 0 Å². The van der Waals surface area contributed by atoms with Gasteiger partial charge in [-0.1, -0.05) is 0 Å². The summed E-state index contributed by atoms with van der Waals surface area (Å²) in [7, 11) is 0. The molecule has 0 spiro atoms. The number of rotatable bonds is 4. The zero-order valence-electron chi connectivity index (χ0n) is 7.26. The first-order valence-corrected chi connectivity index (χ1v) is 5.80. The minimum absolute atomic E-state index is 0.0885. The van der Waals surface area contributed by atoms with Crippen molar-refractivity contribution in [2.24, 2.45) is 5.73 Å². The van der Waals surface area contributed by atoms with E-state index in [0.29, 0.717) is 0 Å². The summed E-state index contributed by atoms with van der Waals surface area (Å²) in [6.45, 7) is 6.04. The average molecular weight is 267 g/mol. The molecular formula is C8H16IN2-. The molecule has 0 amide bonds. The van der Waals surface area contributed by atoms with Gasteiger partial charge in [0, 0.05) is 0 Å². The summed E-state index contributed by atoms with van der Waals surface area (Å²) in [6.07, 6.45) is 6.42. The van der Waals surface area contributed by atoms with E-state index in [0.717, 1.165) is 0 Å². The van der Waals surface area contributed by atoms with Crippen molar-refractivity contribution in [1.82, 2.24) is 3.53 Å². The van der Waals surface area contributed by atoms with Gasteiger partial charge in [-0.2, -0.15) is 0 Å². The molecule has 1 atom stereocenters. The van der Waals surface area contributed by atoms with Gasteiger partial charge in [-0.05, 0) is 0 Å². The van der Waals surface area contributed by atoms with Crippen molar-refractivity contribution in [3.63, 3.8) is 0 Å². The first kappa shape index (κ1) is 11.1. The number of allylic oxidation sites excluding steroid dienone is 4. The molecule has 3 N–H and O–H groups in total. The van der Waals surface area contributed by atoms with Crippen LogP contribution < -0.4 is 30.7 Å². The minimum atomic E-state index is -0.0885. The second kappa shape index (κ2) is 6.82. The molecule has 0 heterocycles. The van der Waals surface area contributed by atoms with Gasteiger partial charge in [0.1, 0.15) is 0 Å². The van der Waals surface area contributed by atoms with Crippen LogP contribution >= 0.6 is 0 Å². The average Bonchev–Trinajstić information content (AvgIpc) is 1.97. The summed E-state index contributed by atoms with van der Waals surface area (Å²) >= 11 is -0.0885. The summed E-state index contributed by atoms with van der Waals surface area (Å²) < 4.78 is 4.63. The Labute approximate surface area is 79.5 Å². The van der Waals surface area contributed by atoms with Gasteiger partial charge in [0.05, 0.1) is 0 Å². The summed E-state index contributed by atoms with van der Waals surface area (Å²) in [5.41, 5.74) is 5.56. The third-order valence-electron chi connectivity index (χ3n) is 0.937. The molecule has 3 heteroatoms. The van der Waals surface area contributed by atoms with Crippen LogP contribution in [-0.2, 0) is 0 Å². The normalized spacial score (nSPS) is 16.2. The second-order valence-electron chi connectivity index (χ2n) is 2.17. The van der Waals surface area contributed by atoms with E-state index in [4.69, 9.17) is 5.73 Å². The van der Waals surface area contributed by atoms with Crippen LogP contribution in [0.1, 0.15) is 20.8 Å². The van der Waals surface area contributed by atoms with E-state index in [1.165, 1.54) is 3.58 Å². The zero-order valence-corrected chi connectivity index (χ0v) is 9.42. The fraction of sp³-hybridized carbons (Fsp3) is 0.500. The van der Waals surface area contributed by atoms with Crippen molar-refractivity contribution in [2.75, 3.05) is 0 Å². The second-order valence-corrected chi connectivity index (χ2v) is 4.57. The molecule has 66 valence electrons. The Bertz CT molecular complexity index is 150. The van der Waals surface area contributed by atoms with Crippen LogP contribution in [0, 0.1) is 0 Å². The Hall–Kier alpha value is 0.130. The first-order valence-electron chi connectivity index (χ1n) is 3.64. The third kappa shape index (κ3) is 6.52. The quantitative estimate of drug-likeness (QED) is 0.278. The molecule has 0 rings (SSSR count). The molecule has 0 saturated carbocycles. The van der Waals surface area contributed by atoms with Crippen molar-refractivity contribution in [3.8, 4) is 0 Å². The van der Waals surface area contributed by atoms with Gasteiger partial charge in [0.15, 0.2) is 0 Å². The number of hydrogen-bond donors (Lipinski definition) is 2. The maximum atomic E-state index is 5.56. The predicted octanol–water partition coefficient (Wildman–Crippen LogP) is -1.64. The van der Waals surface area contributed by atoms with Crippen molar-refractivity contribution in [1.29, 1.82) is 0 Å². The Morgan fingerprint density at radius 3 is 2.55 bits per heavy atom. The molecule has 0 aromatic carbocycles. The van der Waals surface area contributed by atoms with E-state index in [2.05, 4.69) is 28.7 Å². The molecule has 11 heavy (non-hydrogen) atoms. The fourth-order valence-corrected chi connectivity index (χ4v) is 2.19. The molecule has 0 aliphatic carbocycles. The molecule has 0 fully saturated rings. The van der Waals surface area contributed by atoms with Gasteiger partial charge in [-0.15, -0.1) is 0 Å². The van der Waals surface area contributed by atoms with E-state index in [1.54, 1.807) is 0 Å². The zero-order chi connectivity index (χ0) is 8.69. The van der Waals surface area contributed by atoms with Crippen molar-refractivity contribution >= 4 is 0 Å². The number of nitrogens with one attached hydrogen (secondary N) is 1. The maximum absolute atomic E-state index is 5.56. The van der Waals surface area contributed by atoms with Crippen LogP contribution in [0.5, 0.6) is 0 Å². The third-order valence-corrected chi connectivity index (χ3v) is 3.84. The van der Waals surface area contributed by atoms with Gasteiger partial charge in [-0.3, -0.25) is 0 Å².